The van der Waals surface area contributed by atoms with Gasteiger partial charge in [0, 0.05) is 24.9 Å². The number of carbonyl (C=O) groups excluding carboxylic acids is 1. The maximum Gasteiger partial charge on any atom is 0.254 e. The van der Waals surface area contributed by atoms with Gasteiger partial charge in [-0.05, 0) is 25.1 Å². The molecule has 1 aliphatic rings. The van der Waals surface area contributed by atoms with E-state index in [2.05, 4.69) is 0 Å². The smallest absolute Gasteiger partial charge is 0.254 e. The molecule has 0 saturated carbocycles. The lowest BCUT2D eigenvalue weighted by Crippen LogP contribution is -2.44. The fourth-order valence-electron chi connectivity index (χ4n) is 2.11. The first-order chi connectivity index (χ1) is 9.29. The van der Waals surface area contributed by atoms with E-state index in [1.54, 1.807) is 11.0 Å². The molecule has 7 heteroatoms. The van der Waals surface area contributed by atoms with E-state index in [1.165, 1.54) is 12.1 Å². The van der Waals surface area contributed by atoms with Gasteiger partial charge >= 0.3 is 0 Å². The van der Waals surface area contributed by atoms with E-state index in [0.717, 1.165) is 6.26 Å². The molecule has 0 spiro atoms. The SMILES string of the molecule is C[C@@H]1CN(C(=O)c2ccc(Cl)c(S(C)(=O)=O)c2)CCO1. The number of morpholine rings is 1. The molecule has 1 aromatic carbocycles. The van der Waals surface area contributed by atoms with Crippen LogP contribution in [0.25, 0.3) is 0 Å². The van der Waals surface area contributed by atoms with Crippen molar-refractivity contribution in [2.75, 3.05) is 26.0 Å². The predicted octanol–water partition coefficient (Wildman–Crippen LogP) is 1.60. The fourth-order valence-corrected chi connectivity index (χ4v) is 3.41. The highest BCUT2D eigenvalue weighted by atomic mass is 35.5. The Labute approximate surface area is 123 Å². The van der Waals surface area contributed by atoms with Crippen LogP contribution in [0.3, 0.4) is 0 Å². The predicted molar refractivity (Wildman–Crippen MR) is 75.9 cm³/mol. The van der Waals surface area contributed by atoms with Crippen molar-refractivity contribution in [3.8, 4) is 0 Å². The molecular formula is C13H16ClNO4S. The second kappa shape index (κ2) is 5.71. The van der Waals surface area contributed by atoms with Gasteiger partial charge in [-0.1, -0.05) is 11.6 Å². The summed E-state index contributed by atoms with van der Waals surface area (Å²) < 4.78 is 28.6. The number of benzene rings is 1. The molecule has 20 heavy (non-hydrogen) atoms. The molecule has 1 atom stereocenters. The number of amides is 1. The Bertz CT molecular complexity index is 629. The molecule has 1 saturated heterocycles. The maximum atomic E-state index is 12.4. The Hall–Kier alpha value is -1.11. The van der Waals surface area contributed by atoms with Gasteiger partial charge in [-0.3, -0.25) is 4.79 Å². The van der Waals surface area contributed by atoms with Crippen molar-refractivity contribution in [1.82, 2.24) is 4.90 Å². The van der Waals surface area contributed by atoms with Crippen LogP contribution in [0.4, 0.5) is 0 Å². The minimum Gasteiger partial charge on any atom is -0.375 e. The van der Waals surface area contributed by atoms with E-state index in [4.69, 9.17) is 16.3 Å². The first-order valence-electron chi connectivity index (χ1n) is 6.19. The Morgan fingerprint density at radius 2 is 2.15 bits per heavy atom. The van der Waals surface area contributed by atoms with Crippen molar-refractivity contribution in [3.63, 3.8) is 0 Å². The van der Waals surface area contributed by atoms with Gasteiger partial charge in [0.1, 0.15) is 0 Å². The Morgan fingerprint density at radius 1 is 1.45 bits per heavy atom. The Kier molecular flexibility index (Phi) is 4.36. The minimum atomic E-state index is -3.46. The second-order valence-electron chi connectivity index (χ2n) is 4.85. The number of ether oxygens (including phenoxy) is 1. The van der Waals surface area contributed by atoms with Crippen LogP contribution in [-0.4, -0.2) is 51.3 Å². The van der Waals surface area contributed by atoms with Crippen molar-refractivity contribution in [1.29, 1.82) is 0 Å². The average molecular weight is 318 g/mol. The van der Waals surface area contributed by atoms with Crippen molar-refractivity contribution in [2.45, 2.75) is 17.9 Å². The summed E-state index contributed by atoms with van der Waals surface area (Å²) in [5.41, 5.74) is 0.323. The van der Waals surface area contributed by atoms with Crippen LogP contribution in [0.1, 0.15) is 17.3 Å². The zero-order chi connectivity index (χ0) is 14.9. The van der Waals surface area contributed by atoms with E-state index in [-0.39, 0.29) is 21.9 Å². The van der Waals surface area contributed by atoms with Crippen molar-refractivity contribution >= 4 is 27.3 Å². The molecular weight excluding hydrogens is 302 g/mol. The van der Waals surface area contributed by atoms with Crippen LogP contribution >= 0.6 is 11.6 Å². The summed E-state index contributed by atoms with van der Waals surface area (Å²) in [6, 6.07) is 4.31. The standard InChI is InChI=1S/C13H16ClNO4S/c1-9-8-15(5-6-19-9)13(16)10-3-4-11(14)12(7-10)20(2,17)18/h3-4,7,9H,5-6,8H2,1-2H3/t9-/m1/s1. The summed E-state index contributed by atoms with van der Waals surface area (Å²) in [6.07, 6.45) is 1.05. The average Bonchev–Trinajstić information content (AvgIpc) is 2.37. The third-order valence-electron chi connectivity index (χ3n) is 3.11. The van der Waals surface area contributed by atoms with E-state index in [1.807, 2.05) is 6.92 Å². The van der Waals surface area contributed by atoms with E-state index < -0.39 is 9.84 Å². The largest absolute Gasteiger partial charge is 0.375 e. The number of halogens is 1. The number of hydrogen-bond acceptors (Lipinski definition) is 4. The lowest BCUT2D eigenvalue weighted by atomic mass is 10.2. The molecule has 110 valence electrons. The topological polar surface area (TPSA) is 63.7 Å². The summed E-state index contributed by atoms with van der Waals surface area (Å²) in [5.74, 6) is -0.207. The third-order valence-corrected chi connectivity index (χ3v) is 4.68. The highest BCUT2D eigenvalue weighted by molar-refractivity contribution is 7.90. The monoisotopic (exact) mass is 317 g/mol. The zero-order valence-electron chi connectivity index (χ0n) is 11.3. The van der Waals surface area contributed by atoms with Crippen LogP contribution in [0, 0.1) is 0 Å². The molecule has 0 aliphatic carbocycles. The Balaban J connectivity index is 2.31. The van der Waals surface area contributed by atoms with Gasteiger partial charge < -0.3 is 9.64 Å². The number of hydrogen-bond donors (Lipinski definition) is 0. The summed E-state index contributed by atoms with van der Waals surface area (Å²) >= 11 is 5.87. The summed E-state index contributed by atoms with van der Waals surface area (Å²) in [5, 5.41) is 0.124. The van der Waals surface area contributed by atoms with E-state index in [0.29, 0.717) is 25.3 Å². The van der Waals surface area contributed by atoms with Gasteiger partial charge in [0.25, 0.3) is 5.91 Å². The van der Waals surface area contributed by atoms with Crippen LogP contribution in [0.5, 0.6) is 0 Å². The molecule has 0 N–H and O–H groups in total. The molecule has 0 bridgehead atoms. The van der Waals surface area contributed by atoms with Gasteiger partial charge in [-0.2, -0.15) is 0 Å². The molecule has 1 fully saturated rings. The van der Waals surface area contributed by atoms with Crippen LogP contribution in [0.15, 0.2) is 23.1 Å². The molecule has 2 rings (SSSR count). The molecule has 0 unspecified atom stereocenters. The lowest BCUT2D eigenvalue weighted by molar-refractivity contribution is -0.0124. The molecule has 1 aromatic rings. The molecule has 1 amide bonds. The van der Waals surface area contributed by atoms with Crippen LogP contribution < -0.4 is 0 Å². The highest BCUT2D eigenvalue weighted by Crippen LogP contribution is 2.23. The third kappa shape index (κ3) is 3.31. The van der Waals surface area contributed by atoms with Crippen molar-refractivity contribution in [3.05, 3.63) is 28.8 Å². The van der Waals surface area contributed by atoms with Gasteiger partial charge in [0.15, 0.2) is 9.84 Å². The molecule has 0 aromatic heterocycles. The second-order valence-corrected chi connectivity index (χ2v) is 7.24. The zero-order valence-corrected chi connectivity index (χ0v) is 12.9. The normalized spacial score (nSPS) is 19.9. The maximum absolute atomic E-state index is 12.4. The van der Waals surface area contributed by atoms with Crippen LogP contribution in [0.2, 0.25) is 5.02 Å². The number of nitrogens with zero attached hydrogens (tertiary/aromatic N) is 1. The lowest BCUT2D eigenvalue weighted by Gasteiger charge is -2.31. The fraction of sp³-hybridized carbons (Fsp3) is 0.462. The van der Waals surface area contributed by atoms with E-state index >= 15 is 0 Å². The van der Waals surface area contributed by atoms with Crippen molar-refractivity contribution < 1.29 is 17.9 Å². The number of rotatable bonds is 2. The number of sulfone groups is 1. The summed E-state index contributed by atoms with van der Waals surface area (Å²) in [7, 11) is -3.46. The van der Waals surface area contributed by atoms with Gasteiger partial charge in [-0.25, -0.2) is 8.42 Å². The van der Waals surface area contributed by atoms with E-state index in [9.17, 15) is 13.2 Å². The van der Waals surface area contributed by atoms with Crippen LogP contribution in [-0.2, 0) is 14.6 Å². The first-order valence-corrected chi connectivity index (χ1v) is 8.46. The summed E-state index contributed by atoms with van der Waals surface area (Å²) in [4.78, 5) is 14.0. The molecule has 5 nitrogen and oxygen atoms in total. The molecule has 0 radical (unpaired) electrons. The van der Waals surface area contributed by atoms with Gasteiger partial charge in [-0.15, -0.1) is 0 Å². The number of carbonyl (C=O) groups is 1. The first kappa shape index (κ1) is 15.3. The minimum absolute atomic E-state index is 0.0191. The Morgan fingerprint density at radius 3 is 2.75 bits per heavy atom. The quantitative estimate of drug-likeness (QED) is 0.831. The summed E-state index contributed by atoms with van der Waals surface area (Å²) in [6.45, 7) is 3.37. The van der Waals surface area contributed by atoms with Crippen molar-refractivity contribution in [2.24, 2.45) is 0 Å². The molecule has 1 heterocycles. The highest BCUT2D eigenvalue weighted by Gasteiger charge is 2.24. The van der Waals surface area contributed by atoms with Gasteiger partial charge in [0.05, 0.1) is 22.6 Å². The van der Waals surface area contributed by atoms with Gasteiger partial charge in [0.2, 0.25) is 0 Å². The molecule has 1 aliphatic heterocycles.